The number of esters is 1. The van der Waals surface area contributed by atoms with E-state index in [-0.39, 0.29) is 5.69 Å². The standard InChI is InChI=1S/C14H21N3O2/c1-14(2)7-6-9(8-14)16-12-10(15)4-5-11(17-12)13(18)19-3/h4-5,9H,6-8,15H2,1-3H3,(H,16,17). The second-order valence-corrected chi connectivity index (χ2v) is 5.87. The summed E-state index contributed by atoms with van der Waals surface area (Å²) in [6.45, 7) is 4.52. The second kappa shape index (κ2) is 5.07. The average Bonchev–Trinajstić information content (AvgIpc) is 2.70. The fraction of sp³-hybridized carbons (Fsp3) is 0.571. The number of ether oxygens (including phenoxy) is 1. The molecule has 0 amide bonds. The van der Waals surface area contributed by atoms with E-state index in [0.29, 0.717) is 23.0 Å². The molecule has 1 aromatic rings. The lowest BCUT2D eigenvalue weighted by Crippen LogP contribution is -2.20. The van der Waals surface area contributed by atoms with Crippen molar-refractivity contribution in [1.29, 1.82) is 0 Å². The maximum absolute atomic E-state index is 11.5. The highest BCUT2D eigenvalue weighted by Gasteiger charge is 2.31. The van der Waals surface area contributed by atoms with Gasteiger partial charge in [0.15, 0.2) is 5.69 Å². The van der Waals surface area contributed by atoms with Crippen LogP contribution >= 0.6 is 0 Å². The summed E-state index contributed by atoms with van der Waals surface area (Å²) in [5.41, 5.74) is 7.08. The summed E-state index contributed by atoms with van der Waals surface area (Å²) in [6.07, 6.45) is 3.36. The molecule has 3 N–H and O–H groups in total. The van der Waals surface area contributed by atoms with Crippen molar-refractivity contribution in [2.75, 3.05) is 18.2 Å². The van der Waals surface area contributed by atoms with E-state index >= 15 is 0 Å². The van der Waals surface area contributed by atoms with Crippen molar-refractivity contribution in [2.45, 2.75) is 39.2 Å². The van der Waals surface area contributed by atoms with Crippen LogP contribution in [0.3, 0.4) is 0 Å². The third-order valence-corrected chi connectivity index (χ3v) is 3.63. The fourth-order valence-electron chi connectivity index (χ4n) is 2.56. The maximum atomic E-state index is 11.5. The van der Waals surface area contributed by atoms with E-state index in [0.717, 1.165) is 12.8 Å². The van der Waals surface area contributed by atoms with Crippen molar-refractivity contribution in [3.63, 3.8) is 0 Å². The summed E-state index contributed by atoms with van der Waals surface area (Å²) in [5, 5.41) is 3.34. The van der Waals surface area contributed by atoms with Gasteiger partial charge in [0.1, 0.15) is 5.82 Å². The Labute approximate surface area is 113 Å². The van der Waals surface area contributed by atoms with Crippen LogP contribution < -0.4 is 11.1 Å². The Morgan fingerprint density at radius 1 is 1.53 bits per heavy atom. The number of pyridine rings is 1. The molecule has 0 bridgehead atoms. The van der Waals surface area contributed by atoms with Crippen LogP contribution in [0, 0.1) is 5.41 Å². The number of nitrogens with two attached hydrogens (primary N) is 1. The summed E-state index contributed by atoms with van der Waals surface area (Å²) < 4.78 is 4.66. The Balaban J connectivity index is 2.14. The van der Waals surface area contributed by atoms with Gasteiger partial charge in [0, 0.05) is 6.04 Å². The Kier molecular flexibility index (Phi) is 3.64. The molecule has 1 aliphatic carbocycles. The van der Waals surface area contributed by atoms with Crippen LogP contribution in [0.2, 0.25) is 0 Å². The monoisotopic (exact) mass is 263 g/mol. The van der Waals surface area contributed by atoms with E-state index in [2.05, 4.69) is 28.9 Å². The van der Waals surface area contributed by atoms with Gasteiger partial charge < -0.3 is 15.8 Å². The van der Waals surface area contributed by atoms with Gasteiger partial charge in [-0.15, -0.1) is 0 Å². The molecule has 5 nitrogen and oxygen atoms in total. The molecule has 0 saturated heterocycles. The molecule has 1 aromatic heterocycles. The molecule has 1 saturated carbocycles. The minimum absolute atomic E-state index is 0.274. The predicted molar refractivity (Wildman–Crippen MR) is 75.0 cm³/mol. The van der Waals surface area contributed by atoms with Gasteiger partial charge >= 0.3 is 5.97 Å². The molecule has 2 rings (SSSR count). The van der Waals surface area contributed by atoms with E-state index in [1.807, 2.05) is 0 Å². The molecule has 0 aromatic carbocycles. The molecule has 1 atom stereocenters. The van der Waals surface area contributed by atoms with E-state index in [1.54, 1.807) is 12.1 Å². The normalized spacial score (nSPS) is 21.1. The van der Waals surface area contributed by atoms with Gasteiger partial charge in [-0.3, -0.25) is 0 Å². The minimum Gasteiger partial charge on any atom is -0.464 e. The summed E-state index contributed by atoms with van der Waals surface area (Å²) in [4.78, 5) is 15.7. The molecular formula is C14H21N3O2. The van der Waals surface area contributed by atoms with Gasteiger partial charge in [-0.1, -0.05) is 13.8 Å². The number of carbonyl (C=O) groups is 1. The number of aromatic nitrogens is 1. The van der Waals surface area contributed by atoms with Gasteiger partial charge in [-0.25, -0.2) is 9.78 Å². The zero-order valence-electron chi connectivity index (χ0n) is 11.7. The number of anilines is 2. The van der Waals surface area contributed by atoms with E-state index < -0.39 is 5.97 Å². The first-order chi connectivity index (χ1) is 8.91. The topological polar surface area (TPSA) is 77.2 Å². The Bertz CT molecular complexity index is 486. The Morgan fingerprint density at radius 3 is 2.84 bits per heavy atom. The lowest BCUT2D eigenvalue weighted by molar-refractivity contribution is 0.0594. The van der Waals surface area contributed by atoms with Gasteiger partial charge in [0.2, 0.25) is 0 Å². The van der Waals surface area contributed by atoms with Crippen LogP contribution in [-0.2, 0) is 4.74 Å². The zero-order valence-corrected chi connectivity index (χ0v) is 11.7. The van der Waals surface area contributed by atoms with Crippen LogP contribution in [0.1, 0.15) is 43.6 Å². The number of hydrogen-bond donors (Lipinski definition) is 2. The molecular weight excluding hydrogens is 242 g/mol. The summed E-state index contributed by atoms with van der Waals surface area (Å²) >= 11 is 0. The third-order valence-electron chi connectivity index (χ3n) is 3.63. The van der Waals surface area contributed by atoms with Gasteiger partial charge in [-0.2, -0.15) is 0 Å². The number of nitrogens with zero attached hydrogens (tertiary/aromatic N) is 1. The number of rotatable bonds is 3. The third kappa shape index (κ3) is 3.16. The molecule has 0 radical (unpaired) electrons. The highest BCUT2D eigenvalue weighted by atomic mass is 16.5. The fourth-order valence-corrected chi connectivity index (χ4v) is 2.56. The van der Waals surface area contributed by atoms with Crippen molar-refractivity contribution in [3.05, 3.63) is 17.8 Å². The van der Waals surface area contributed by atoms with Crippen LogP contribution in [-0.4, -0.2) is 24.1 Å². The Morgan fingerprint density at radius 2 is 2.26 bits per heavy atom. The SMILES string of the molecule is COC(=O)c1ccc(N)c(NC2CCC(C)(C)C2)n1. The van der Waals surface area contributed by atoms with Crippen LogP contribution in [0.15, 0.2) is 12.1 Å². The largest absolute Gasteiger partial charge is 0.464 e. The van der Waals surface area contributed by atoms with Crippen molar-refractivity contribution in [2.24, 2.45) is 5.41 Å². The van der Waals surface area contributed by atoms with Gasteiger partial charge in [0.05, 0.1) is 12.8 Å². The number of nitrogen functional groups attached to an aromatic ring is 1. The van der Waals surface area contributed by atoms with Crippen molar-refractivity contribution in [3.8, 4) is 0 Å². The highest BCUT2D eigenvalue weighted by Crippen LogP contribution is 2.38. The summed E-state index contributed by atoms with van der Waals surface area (Å²) in [5.74, 6) is 0.125. The summed E-state index contributed by atoms with van der Waals surface area (Å²) in [7, 11) is 1.34. The lowest BCUT2D eigenvalue weighted by atomic mass is 9.92. The molecule has 0 aliphatic heterocycles. The number of methoxy groups -OCH3 is 1. The Hall–Kier alpha value is -1.78. The highest BCUT2D eigenvalue weighted by molar-refractivity contribution is 5.88. The lowest BCUT2D eigenvalue weighted by Gasteiger charge is -2.19. The van der Waals surface area contributed by atoms with E-state index in [4.69, 9.17) is 5.73 Å². The first-order valence-corrected chi connectivity index (χ1v) is 6.53. The zero-order chi connectivity index (χ0) is 14.0. The molecule has 5 heteroatoms. The second-order valence-electron chi connectivity index (χ2n) is 5.87. The van der Waals surface area contributed by atoms with Crippen molar-refractivity contribution in [1.82, 2.24) is 4.98 Å². The quantitative estimate of drug-likeness (QED) is 0.819. The number of nitrogens with one attached hydrogen (secondary N) is 1. The molecule has 0 spiro atoms. The molecule has 1 unspecified atom stereocenters. The van der Waals surface area contributed by atoms with Crippen molar-refractivity contribution < 1.29 is 9.53 Å². The van der Waals surface area contributed by atoms with Gasteiger partial charge in [0.25, 0.3) is 0 Å². The predicted octanol–water partition coefficient (Wildman–Crippen LogP) is 2.44. The minimum atomic E-state index is -0.449. The average molecular weight is 263 g/mol. The van der Waals surface area contributed by atoms with Gasteiger partial charge in [-0.05, 0) is 36.8 Å². The summed E-state index contributed by atoms with van der Waals surface area (Å²) in [6, 6.07) is 3.62. The van der Waals surface area contributed by atoms with Crippen LogP contribution in [0.25, 0.3) is 0 Å². The first kappa shape index (κ1) is 13.6. The van der Waals surface area contributed by atoms with E-state index in [9.17, 15) is 4.79 Å². The molecule has 1 fully saturated rings. The van der Waals surface area contributed by atoms with Crippen LogP contribution in [0.4, 0.5) is 11.5 Å². The van der Waals surface area contributed by atoms with E-state index in [1.165, 1.54) is 13.5 Å². The van der Waals surface area contributed by atoms with Crippen LogP contribution in [0.5, 0.6) is 0 Å². The smallest absolute Gasteiger partial charge is 0.356 e. The number of carbonyl (C=O) groups excluding carboxylic acids is 1. The van der Waals surface area contributed by atoms with Crippen molar-refractivity contribution >= 4 is 17.5 Å². The molecule has 1 heterocycles. The number of hydrogen-bond acceptors (Lipinski definition) is 5. The molecule has 19 heavy (non-hydrogen) atoms. The first-order valence-electron chi connectivity index (χ1n) is 6.53. The maximum Gasteiger partial charge on any atom is 0.356 e. The molecule has 1 aliphatic rings. The molecule has 104 valence electrons.